The highest BCUT2D eigenvalue weighted by Crippen LogP contribution is 2.22. The summed E-state index contributed by atoms with van der Waals surface area (Å²) in [7, 11) is 0. The standard InChI is InChI=1S/C23H23N5O2/c29-22-16-27(14-19-5-1-2-8-24-19)23(30)21-15-26(10-11-28(21)22)13-17-6-7-18-4-3-9-25-20(18)12-17/h1-9,12,21H,10-11,13-16H2. The molecule has 0 N–H and O–H groups in total. The highest BCUT2D eigenvalue weighted by molar-refractivity contribution is 5.95. The molecular weight excluding hydrogens is 378 g/mol. The second-order valence-corrected chi connectivity index (χ2v) is 7.88. The molecule has 0 spiro atoms. The molecule has 2 amide bonds. The van der Waals surface area contributed by atoms with E-state index >= 15 is 0 Å². The van der Waals surface area contributed by atoms with E-state index in [2.05, 4.69) is 33.1 Å². The minimum absolute atomic E-state index is 0.00475. The van der Waals surface area contributed by atoms with Crippen molar-refractivity contribution in [1.82, 2.24) is 24.7 Å². The van der Waals surface area contributed by atoms with Gasteiger partial charge < -0.3 is 9.80 Å². The largest absolute Gasteiger partial charge is 0.327 e. The van der Waals surface area contributed by atoms with Gasteiger partial charge in [-0.1, -0.05) is 24.3 Å². The molecule has 0 bridgehead atoms. The molecule has 0 aliphatic carbocycles. The third kappa shape index (κ3) is 3.64. The number of benzene rings is 1. The molecule has 2 aliphatic rings. The molecule has 30 heavy (non-hydrogen) atoms. The molecule has 2 saturated heterocycles. The zero-order valence-electron chi connectivity index (χ0n) is 16.6. The fourth-order valence-corrected chi connectivity index (χ4v) is 4.33. The van der Waals surface area contributed by atoms with Gasteiger partial charge in [0.1, 0.15) is 12.6 Å². The van der Waals surface area contributed by atoms with Crippen LogP contribution < -0.4 is 0 Å². The number of hydrogen-bond acceptors (Lipinski definition) is 5. The highest BCUT2D eigenvalue weighted by atomic mass is 16.2. The van der Waals surface area contributed by atoms with Crippen molar-refractivity contribution in [3.8, 4) is 0 Å². The minimum Gasteiger partial charge on any atom is -0.327 e. The molecular formula is C23H23N5O2. The summed E-state index contributed by atoms with van der Waals surface area (Å²) >= 11 is 0. The van der Waals surface area contributed by atoms with Crippen molar-refractivity contribution in [1.29, 1.82) is 0 Å². The molecule has 4 heterocycles. The van der Waals surface area contributed by atoms with Crippen molar-refractivity contribution >= 4 is 22.7 Å². The second kappa shape index (κ2) is 7.84. The van der Waals surface area contributed by atoms with Gasteiger partial charge in [0.25, 0.3) is 0 Å². The maximum absolute atomic E-state index is 13.2. The molecule has 7 nitrogen and oxygen atoms in total. The van der Waals surface area contributed by atoms with Crippen molar-refractivity contribution in [3.05, 3.63) is 72.2 Å². The average Bonchev–Trinajstić information content (AvgIpc) is 2.78. The Bertz CT molecular complexity index is 1090. The zero-order valence-corrected chi connectivity index (χ0v) is 16.6. The Morgan fingerprint density at radius 1 is 0.933 bits per heavy atom. The monoisotopic (exact) mass is 401 g/mol. The number of piperazine rings is 2. The SMILES string of the molecule is O=C1C2CN(Cc3ccc4cccnc4c3)CCN2C(=O)CN1Cc1ccccn1. The third-order valence-electron chi connectivity index (χ3n) is 5.86. The summed E-state index contributed by atoms with van der Waals surface area (Å²) in [4.78, 5) is 40.2. The van der Waals surface area contributed by atoms with Gasteiger partial charge in [-0.3, -0.25) is 24.5 Å². The summed E-state index contributed by atoms with van der Waals surface area (Å²) in [6, 6.07) is 15.5. The van der Waals surface area contributed by atoms with Crippen molar-refractivity contribution in [2.45, 2.75) is 19.1 Å². The van der Waals surface area contributed by atoms with Gasteiger partial charge in [-0.05, 0) is 29.8 Å². The maximum atomic E-state index is 13.2. The first-order valence-electron chi connectivity index (χ1n) is 10.2. The number of fused-ring (bicyclic) bond motifs is 2. The van der Waals surface area contributed by atoms with Crippen molar-refractivity contribution in [2.24, 2.45) is 0 Å². The first-order chi connectivity index (χ1) is 14.7. The topological polar surface area (TPSA) is 69.6 Å². The average molecular weight is 401 g/mol. The fourth-order valence-electron chi connectivity index (χ4n) is 4.33. The highest BCUT2D eigenvalue weighted by Gasteiger charge is 2.42. The molecule has 2 aromatic heterocycles. The number of carbonyl (C=O) groups excluding carboxylic acids is 2. The van der Waals surface area contributed by atoms with Gasteiger partial charge in [0.05, 0.1) is 17.8 Å². The molecule has 2 aliphatic heterocycles. The minimum atomic E-state index is -0.428. The lowest BCUT2D eigenvalue weighted by molar-refractivity contribution is -0.160. The van der Waals surface area contributed by atoms with Gasteiger partial charge >= 0.3 is 0 Å². The van der Waals surface area contributed by atoms with Crippen LogP contribution in [-0.4, -0.2) is 68.7 Å². The van der Waals surface area contributed by atoms with Crippen LogP contribution in [0.5, 0.6) is 0 Å². The first kappa shape index (κ1) is 18.7. The molecule has 5 rings (SSSR count). The second-order valence-electron chi connectivity index (χ2n) is 7.88. The Morgan fingerprint density at radius 2 is 1.83 bits per heavy atom. The Morgan fingerprint density at radius 3 is 2.70 bits per heavy atom. The van der Waals surface area contributed by atoms with Crippen molar-refractivity contribution in [3.63, 3.8) is 0 Å². The fraction of sp³-hybridized carbons (Fsp3) is 0.304. The third-order valence-corrected chi connectivity index (χ3v) is 5.86. The Kier molecular flexibility index (Phi) is 4.88. The number of nitrogens with zero attached hydrogens (tertiary/aromatic N) is 5. The van der Waals surface area contributed by atoms with Gasteiger partial charge in [-0.25, -0.2) is 0 Å². The number of carbonyl (C=O) groups is 2. The van der Waals surface area contributed by atoms with Crippen LogP contribution >= 0.6 is 0 Å². The van der Waals surface area contributed by atoms with E-state index in [1.165, 1.54) is 0 Å². The molecule has 3 aromatic rings. The normalized spacial score (nSPS) is 19.9. The molecule has 0 radical (unpaired) electrons. The van der Waals surface area contributed by atoms with Gasteiger partial charge in [-0.15, -0.1) is 0 Å². The zero-order chi connectivity index (χ0) is 20.5. The van der Waals surface area contributed by atoms with Crippen LogP contribution in [0.4, 0.5) is 0 Å². The van der Waals surface area contributed by atoms with E-state index in [1.54, 1.807) is 22.2 Å². The van der Waals surface area contributed by atoms with Crippen molar-refractivity contribution < 1.29 is 9.59 Å². The van der Waals surface area contributed by atoms with Crippen LogP contribution in [-0.2, 0) is 22.7 Å². The van der Waals surface area contributed by atoms with E-state index in [1.807, 2.05) is 30.3 Å². The van der Waals surface area contributed by atoms with Crippen LogP contribution in [0.1, 0.15) is 11.3 Å². The number of aromatic nitrogens is 2. The lowest BCUT2D eigenvalue weighted by Gasteiger charge is -2.46. The summed E-state index contributed by atoms with van der Waals surface area (Å²) in [5.41, 5.74) is 2.93. The number of amides is 2. The van der Waals surface area contributed by atoms with Crippen LogP contribution in [0.3, 0.4) is 0 Å². The summed E-state index contributed by atoms with van der Waals surface area (Å²) in [6.45, 7) is 3.12. The smallest absolute Gasteiger partial charge is 0.247 e. The Balaban J connectivity index is 1.30. The summed E-state index contributed by atoms with van der Waals surface area (Å²) in [6.07, 6.45) is 3.51. The van der Waals surface area contributed by atoms with E-state index in [9.17, 15) is 9.59 Å². The number of pyridine rings is 2. The van der Waals surface area contributed by atoms with Crippen LogP contribution in [0.15, 0.2) is 60.9 Å². The molecule has 1 atom stereocenters. The summed E-state index contributed by atoms with van der Waals surface area (Å²) in [5, 5.41) is 1.12. The van der Waals surface area contributed by atoms with E-state index in [0.29, 0.717) is 19.6 Å². The van der Waals surface area contributed by atoms with E-state index in [0.717, 1.165) is 35.2 Å². The number of rotatable bonds is 4. The molecule has 2 fully saturated rings. The Labute approximate surface area is 174 Å². The van der Waals surface area contributed by atoms with E-state index < -0.39 is 6.04 Å². The lowest BCUT2D eigenvalue weighted by Crippen LogP contribution is -2.66. The van der Waals surface area contributed by atoms with Gasteiger partial charge in [0, 0.05) is 44.0 Å². The lowest BCUT2D eigenvalue weighted by atomic mass is 10.0. The van der Waals surface area contributed by atoms with Crippen LogP contribution in [0, 0.1) is 0 Å². The van der Waals surface area contributed by atoms with Crippen LogP contribution in [0.25, 0.3) is 10.9 Å². The summed E-state index contributed by atoms with van der Waals surface area (Å²) in [5.74, 6) is 0.0233. The van der Waals surface area contributed by atoms with Gasteiger partial charge in [0.15, 0.2) is 0 Å². The predicted molar refractivity (Wildman–Crippen MR) is 112 cm³/mol. The molecule has 7 heteroatoms. The first-order valence-corrected chi connectivity index (χ1v) is 10.2. The van der Waals surface area contributed by atoms with E-state index in [-0.39, 0.29) is 18.4 Å². The van der Waals surface area contributed by atoms with Gasteiger partial charge in [0.2, 0.25) is 11.8 Å². The predicted octanol–water partition coefficient (Wildman–Crippen LogP) is 1.68. The quantitative estimate of drug-likeness (QED) is 0.665. The summed E-state index contributed by atoms with van der Waals surface area (Å²) < 4.78 is 0. The molecule has 0 saturated carbocycles. The van der Waals surface area contributed by atoms with Crippen molar-refractivity contribution in [2.75, 3.05) is 26.2 Å². The van der Waals surface area contributed by atoms with Gasteiger partial charge in [-0.2, -0.15) is 0 Å². The molecule has 152 valence electrons. The van der Waals surface area contributed by atoms with Crippen LogP contribution in [0.2, 0.25) is 0 Å². The molecule has 1 aromatic carbocycles. The van der Waals surface area contributed by atoms with E-state index in [4.69, 9.17) is 0 Å². The molecule has 1 unspecified atom stereocenters. The maximum Gasteiger partial charge on any atom is 0.247 e. The Hall–Kier alpha value is -3.32. The number of hydrogen-bond donors (Lipinski definition) is 0.